The number of nitrogens with zero attached hydrogens (tertiary/aromatic N) is 4. The number of alkyl halides is 3. The van der Waals surface area contributed by atoms with Gasteiger partial charge in [0, 0.05) is 25.1 Å². The lowest BCUT2D eigenvalue weighted by molar-refractivity contribution is -0.140. The first-order valence-corrected chi connectivity index (χ1v) is 11.2. The summed E-state index contributed by atoms with van der Waals surface area (Å²) in [5, 5.41) is 9.70. The SMILES string of the molecule is COC(=O)CCNC(=O)c1ccc(NC(CC(C)C)c2ccc(-n3cc(C(F)(F)F)cn3)nc2)nc1. The smallest absolute Gasteiger partial charge is 0.419 e. The van der Waals surface area contributed by atoms with Crippen molar-refractivity contribution in [1.82, 2.24) is 25.1 Å². The van der Waals surface area contributed by atoms with Gasteiger partial charge in [-0.3, -0.25) is 9.59 Å². The lowest BCUT2D eigenvalue weighted by Crippen LogP contribution is -2.26. The molecule has 3 aromatic rings. The van der Waals surface area contributed by atoms with Crippen LogP contribution < -0.4 is 10.6 Å². The Hall–Kier alpha value is -3.96. The van der Waals surface area contributed by atoms with Crippen molar-refractivity contribution in [3.05, 3.63) is 65.7 Å². The van der Waals surface area contributed by atoms with Crippen LogP contribution in [0.5, 0.6) is 0 Å². The van der Waals surface area contributed by atoms with E-state index >= 15 is 0 Å². The normalized spacial score (nSPS) is 12.3. The topological polar surface area (TPSA) is 111 Å². The van der Waals surface area contributed by atoms with E-state index in [2.05, 4.69) is 44.3 Å². The van der Waals surface area contributed by atoms with Crippen molar-refractivity contribution in [2.75, 3.05) is 19.0 Å². The second-order valence-electron chi connectivity index (χ2n) is 8.46. The number of nitrogens with one attached hydrogen (secondary N) is 2. The predicted octanol–water partition coefficient (Wildman–Crippen LogP) is 4.17. The highest BCUT2D eigenvalue weighted by Crippen LogP contribution is 2.29. The third kappa shape index (κ3) is 7.27. The first-order chi connectivity index (χ1) is 17.1. The molecule has 1 amide bonds. The Labute approximate surface area is 206 Å². The van der Waals surface area contributed by atoms with Gasteiger partial charge < -0.3 is 15.4 Å². The minimum atomic E-state index is -4.48. The van der Waals surface area contributed by atoms with E-state index in [0.717, 1.165) is 29.1 Å². The fourth-order valence-corrected chi connectivity index (χ4v) is 3.36. The molecule has 1 atom stereocenters. The van der Waals surface area contributed by atoms with E-state index in [1.807, 2.05) is 0 Å². The molecule has 36 heavy (non-hydrogen) atoms. The Morgan fingerprint density at radius 2 is 1.86 bits per heavy atom. The average Bonchev–Trinajstić information content (AvgIpc) is 3.35. The molecular formula is C24H27F3N6O3. The van der Waals surface area contributed by atoms with E-state index in [-0.39, 0.29) is 30.7 Å². The van der Waals surface area contributed by atoms with Gasteiger partial charge in [-0.1, -0.05) is 19.9 Å². The van der Waals surface area contributed by atoms with Gasteiger partial charge in [0.1, 0.15) is 5.82 Å². The maximum atomic E-state index is 12.9. The standard InChI is InChI=1S/C24H27F3N6O3/c1-15(2)10-19(16-5-7-21(30-11-16)33-14-18(13-31-33)24(25,26)27)32-20-6-4-17(12-29-20)23(35)28-9-8-22(34)36-3/h4-7,11-15,19H,8-10H2,1-3H3,(H,28,35)(H,29,32). The molecule has 0 saturated heterocycles. The molecule has 0 aliphatic heterocycles. The van der Waals surface area contributed by atoms with E-state index in [1.54, 1.807) is 30.5 Å². The van der Waals surface area contributed by atoms with Crippen molar-refractivity contribution in [3.8, 4) is 5.82 Å². The highest BCUT2D eigenvalue weighted by atomic mass is 19.4. The van der Waals surface area contributed by atoms with Gasteiger partial charge in [0.05, 0.1) is 36.9 Å². The van der Waals surface area contributed by atoms with Crippen LogP contribution in [0.1, 0.15) is 54.2 Å². The number of aromatic nitrogens is 4. The summed E-state index contributed by atoms with van der Waals surface area (Å²) < 4.78 is 44.2. The van der Waals surface area contributed by atoms with Gasteiger partial charge in [-0.25, -0.2) is 14.6 Å². The number of rotatable bonds is 10. The van der Waals surface area contributed by atoms with Gasteiger partial charge in [0.15, 0.2) is 5.82 Å². The number of methoxy groups -OCH3 is 1. The van der Waals surface area contributed by atoms with E-state index in [1.165, 1.54) is 13.3 Å². The van der Waals surface area contributed by atoms with Gasteiger partial charge in [-0.2, -0.15) is 18.3 Å². The van der Waals surface area contributed by atoms with E-state index < -0.39 is 17.7 Å². The first kappa shape index (κ1) is 26.6. The molecule has 0 spiro atoms. The summed E-state index contributed by atoms with van der Waals surface area (Å²) in [6.45, 7) is 4.28. The molecule has 1 unspecified atom stereocenters. The van der Waals surface area contributed by atoms with Crippen molar-refractivity contribution in [2.45, 2.75) is 38.9 Å². The molecule has 3 heterocycles. The lowest BCUT2D eigenvalue weighted by Gasteiger charge is -2.22. The van der Waals surface area contributed by atoms with Crippen LogP contribution in [0.2, 0.25) is 0 Å². The number of hydrogen-bond acceptors (Lipinski definition) is 7. The maximum Gasteiger partial charge on any atom is 0.419 e. The minimum Gasteiger partial charge on any atom is -0.469 e. The zero-order chi connectivity index (χ0) is 26.3. The second-order valence-corrected chi connectivity index (χ2v) is 8.46. The molecule has 3 aromatic heterocycles. The molecule has 12 heteroatoms. The largest absolute Gasteiger partial charge is 0.469 e. The van der Waals surface area contributed by atoms with Gasteiger partial charge >= 0.3 is 12.1 Å². The van der Waals surface area contributed by atoms with Crippen molar-refractivity contribution in [3.63, 3.8) is 0 Å². The van der Waals surface area contributed by atoms with Gasteiger partial charge in [-0.15, -0.1) is 0 Å². The van der Waals surface area contributed by atoms with Crippen LogP contribution in [-0.2, 0) is 15.7 Å². The van der Waals surface area contributed by atoms with E-state index in [4.69, 9.17) is 0 Å². The van der Waals surface area contributed by atoms with Crippen LogP contribution in [0.4, 0.5) is 19.0 Å². The number of halogens is 3. The third-order valence-corrected chi connectivity index (χ3v) is 5.22. The number of ether oxygens (including phenoxy) is 1. The fourth-order valence-electron chi connectivity index (χ4n) is 3.36. The van der Waals surface area contributed by atoms with Crippen LogP contribution in [0.25, 0.3) is 5.82 Å². The Morgan fingerprint density at radius 3 is 2.42 bits per heavy atom. The van der Waals surface area contributed by atoms with Crippen LogP contribution in [0.15, 0.2) is 49.1 Å². The number of anilines is 1. The summed E-state index contributed by atoms with van der Waals surface area (Å²) in [6.07, 6.45) is 1.00. The highest BCUT2D eigenvalue weighted by molar-refractivity contribution is 5.94. The molecule has 0 aliphatic carbocycles. The van der Waals surface area contributed by atoms with Crippen molar-refractivity contribution in [1.29, 1.82) is 0 Å². The maximum absolute atomic E-state index is 12.9. The molecular weight excluding hydrogens is 477 g/mol. The van der Waals surface area contributed by atoms with Gasteiger partial charge in [-0.05, 0) is 36.1 Å². The molecule has 3 rings (SSSR count). The van der Waals surface area contributed by atoms with E-state index in [0.29, 0.717) is 17.3 Å². The zero-order valence-electron chi connectivity index (χ0n) is 20.0. The molecule has 2 N–H and O–H groups in total. The minimum absolute atomic E-state index is 0.0723. The summed E-state index contributed by atoms with van der Waals surface area (Å²) in [7, 11) is 1.28. The fraction of sp³-hybridized carbons (Fsp3) is 0.375. The molecule has 0 fully saturated rings. The van der Waals surface area contributed by atoms with Gasteiger partial charge in [0.2, 0.25) is 0 Å². The van der Waals surface area contributed by atoms with E-state index in [9.17, 15) is 22.8 Å². The monoisotopic (exact) mass is 504 g/mol. The number of hydrogen-bond donors (Lipinski definition) is 2. The van der Waals surface area contributed by atoms with Crippen LogP contribution in [-0.4, -0.2) is 45.3 Å². The highest BCUT2D eigenvalue weighted by Gasteiger charge is 2.32. The molecule has 0 saturated carbocycles. The summed E-state index contributed by atoms with van der Waals surface area (Å²) in [5.41, 5.74) is 0.316. The number of amides is 1. The number of pyridine rings is 2. The van der Waals surface area contributed by atoms with Gasteiger partial charge in [0.25, 0.3) is 5.91 Å². The lowest BCUT2D eigenvalue weighted by atomic mass is 9.98. The Kier molecular flexibility index (Phi) is 8.62. The van der Waals surface area contributed by atoms with Crippen molar-refractivity contribution in [2.24, 2.45) is 5.92 Å². The number of carbonyl (C=O) groups is 2. The molecule has 0 radical (unpaired) electrons. The number of esters is 1. The van der Waals surface area contributed by atoms with Crippen molar-refractivity contribution >= 4 is 17.7 Å². The number of carbonyl (C=O) groups excluding carboxylic acids is 2. The summed E-state index contributed by atoms with van der Waals surface area (Å²) in [4.78, 5) is 32.0. The molecule has 0 aromatic carbocycles. The molecule has 0 aliphatic rings. The predicted molar refractivity (Wildman–Crippen MR) is 125 cm³/mol. The zero-order valence-corrected chi connectivity index (χ0v) is 20.0. The molecule has 192 valence electrons. The summed E-state index contributed by atoms with van der Waals surface area (Å²) in [6, 6.07) is 6.49. The van der Waals surface area contributed by atoms with Crippen molar-refractivity contribution < 1.29 is 27.5 Å². The van der Waals surface area contributed by atoms with Crippen LogP contribution in [0, 0.1) is 5.92 Å². The quantitative estimate of drug-likeness (QED) is 0.399. The second kappa shape index (κ2) is 11.6. The Balaban J connectivity index is 1.68. The molecule has 9 nitrogen and oxygen atoms in total. The van der Waals surface area contributed by atoms with Crippen LogP contribution >= 0.6 is 0 Å². The first-order valence-electron chi connectivity index (χ1n) is 11.2. The summed E-state index contributed by atoms with van der Waals surface area (Å²) in [5.74, 6) is 0.351. The summed E-state index contributed by atoms with van der Waals surface area (Å²) >= 11 is 0. The third-order valence-electron chi connectivity index (χ3n) is 5.22. The molecule has 0 bridgehead atoms. The van der Waals surface area contributed by atoms with Crippen LogP contribution in [0.3, 0.4) is 0 Å². The Bertz CT molecular complexity index is 1160. The average molecular weight is 505 g/mol. The Morgan fingerprint density at radius 1 is 1.08 bits per heavy atom.